The molecule has 0 radical (unpaired) electrons. The molecule has 0 aromatic heterocycles. The molecule has 4 nitrogen and oxygen atoms in total. The molecule has 1 rings (SSSR count). The normalized spacial score (nSPS) is 10.5. The van der Waals surface area contributed by atoms with Gasteiger partial charge in [-0.3, -0.25) is 9.80 Å². The maximum Gasteiger partial charge on any atom is 0.236 e. The van der Waals surface area contributed by atoms with Crippen LogP contribution >= 0.6 is 0 Å². The van der Waals surface area contributed by atoms with Crippen LogP contribution in [0.1, 0.15) is 38.2 Å². The van der Waals surface area contributed by atoms with Crippen LogP contribution in [0.5, 0.6) is 5.75 Å². The molecule has 0 spiro atoms. The third-order valence-corrected chi connectivity index (χ3v) is 2.72. The van der Waals surface area contributed by atoms with Crippen molar-refractivity contribution in [1.29, 1.82) is 0 Å². The quantitative estimate of drug-likeness (QED) is 0.365. The van der Waals surface area contributed by atoms with Gasteiger partial charge in [-0.25, -0.2) is 5.84 Å². The summed E-state index contributed by atoms with van der Waals surface area (Å²) in [6.45, 7) is 4.82. The van der Waals surface area contributed by atoms with Crippen molar-refractivity contribution in [2.24, 2.45) is 5.84 Å². The van der Waals surface area contributed by atoms with Gasteiger partial charge >= 0.3 is 0 Å². The molecule has 1 aromatic carbocycles. The average molecular weight is 250 g/mol. The molecule has 0 bridgehead atoms. The van der Waals surface area contributed by atoms with Crippen LogP contribution in [0.15, 0.2) is 24.3 Å². The van der Waals surface area contributed by atoms with Crippen LogP contribution in [-0.4, -0.2) is 24.6 Å². The SMILES string of the molecule is CC(C)c1cccc(OCCCC(=O)N(C)N)c1. The number of rotatable bonds is 6. The van der Waals surface area contributed by atoms with Gasteiger partial charge in [0.1, 0.15) is 5.75 Å². The van der Waals surface area contributed by atoms with Gasteiger partial charge in [-0.2, -0.15) is 0 Å². The van der Waals surface area contributed by atoms with E-state index in [1.165, 1.54) is 5.56 Å². The summed E-state index contributed by atoms with van der Waals surface area (Å²) in [5.41, 5.74) is 1.25. The fraction of sp³-hybridized carbons (Fsp3) is 0.500. The average Bonchev–Trinajstić information content (AvgIpc) is 2.34. The number of benzene rings is 1. The third-order valence-electron chi connectivity index (χ3n) is 2.72. The monoisotopic (exact) mass is 250 g/mol. The molecule has 4 heteroatoms. The molecule has 0 atom stereocenters. The molecule has 2 N–H and O–H groups in total. The van der Waals surface area contributed by atoms with Gasteiger partial charge in [-0.1, -0.05) is 26.0 Å². The summed E-state index contributed by atoms with van der Waals surface area (Å²) in [4.78, 5) is 11.2. The van der Waals surface area contributed by atoms with Crippen LogP contribution in [0.3, 0.4) is 0 Å². The van der Waals surface area contributed by atoms with E-state index < -0.39 is 0 Å². The lowest BCUT2D eigenvalue weighted by Gasteiger charge is -2.11. The summed E-state index contributed by atoms with van der Waals surface area (Å²) >= 11 is 0. The lowest BCUT2D eigenvalue weighted by Crippen LogP contribution is -2.33. The van der Waals surface area contributed by atoms with E-state index in [0.29, 0.717) is 25.4 Å². The first-order chi connectivity index (χ1) is 8.50. The topological polar surface area (TPSA) is 55.6 Å². The van der Waals surface area contributed by atoms with Crippen molar-refractivity contribution in [3.63, 3.8) is 0 Å². The number of carbonyl (C=O) groups is 1. The Balaban J connectivity index is 2.35. The second-order valence-corrected chi connectivity index (χ2v) is 4.68. The predicted molar refractivity (Wildman–Crippen MR) is 72.2 cm³/mol. The van der Waals surface area contributed by atoms with Crippen molar-refractivity contribution >= 4 is 5.91 Å². The van der Waals surface area contributed by atoms with E-state index in [0.717, 1.165) is 10.8 Å². The molecule has 0 saturated heterocycles. The van der Waals surface area contributed by atoms with Gasteiger partial charge in [0.25, 0.3) is 0 Å². The van der Waals surface area contributed by atoms with Crippen LogP contribution < -0.4 is 10.6 Å². The highest BCUT2D eigenvalue weighted by Gasteiger charge is 2.04. The molecule has 0 aliphatic heterocycles. The number of ether oxygens (including phenoxy) is 1. The highest BCUT2D eigenvalue weighted by molar-refractivity contribution is 5.75. The molecule has 0 aliphatic carbocycles. The van der Waals surface area contributed by atoms with Crippen molar-refractivity contribution in [3.05, 3.63) is 29.8 Å². The van der Waals surface area contributed by atoms with E-state index in [4.69, 9.17) is 10.6 Å². The summed E-state index contributed by atoms with van der Waals surface area (Å²) in [6.07, 6.45) is 1.09. The van der Waals surface area contributed by atoms with Gasteiger partial charge in [0, 0.05) is 13.5 Å². The number of carbonyl (C=O) groups excluding carboxylic acids is 1. The number of nitrogens with zero attached hydrogens (tertiary/aromatic N) is 1. The van der Waals surface area contributed by atoms with Gasteiger partial charge in [0.05, 0.1) is 6.61 Å². The van der Waals surface area contributed by atoms with Crippen molar-refractivity contribution < 1.29 is 9.53 Å². The van der Waals surface area contributed by atoms with Gasteiger partial charge < -0.3 is 4.74 Å². The lowest BCUT2D eigenvalue weighted by molar-refractivity contribution is -0.130. The van der Waals surface area contributed by atoms with E-state index in [2.05, 4.69) is 19.9 Å². The van der Waals surface area contributed by atoms with Gasteiger partial charge in [-0.15, -0.1) is 0 Å². The summed E-state index contributed by atoms with van der Waals surface area (Å²) in [7, 11) is 1.55. The molecule has 100 valence electrons. The first kappa shape index (κ1) is 14.5. The molecular formula is C14H22N2O2. The maximum absolute atomic E-state index is 11.2. The first-order valence-corrected chi connectivity index (χ1v) is 6.24. The van der Waals surface area contributed by atoms with Crippen molar-refractivity contribution in [1.82, 2.24) is 5.01 Å². The van der Waals surface area contributed by atoms with E-state index in [9.17, 15) is 4.79 Å². The fourth-order valence-electron chi connectivity index (χ4n) is 1.55. The predicted octanol–water partition coefficient (Wildman–Crippen LogP) is 2.30. The molecule has 18 heavy (non-hydrogen) atoms. The van der Waals surface area contributed by atoms with Crippen LogP contribution in [0.4, 0.5) is 0 Å². The Morgan fingerprint density at radius 1 is 1.44 bits per heavy atom. The smallest absolute Gasteiger partial charge is 0.236 e. The Morgan fingerprint density at radius 2 is 2.17 bits per heavy atom. The summed E-state index contributed by atoms with van der Waals surface area (Å²) < 4.78 is 5.62. The Morgan fingerprint density at radius 3 is 2.78 bits per heavy atom. The van der Waals surface area contributed by atoms with E-state index >= 15 is 0 Å². The van der Waals surface area contributed by atoms with Crippen molar-refractivity contribution in [2.45, 2.75) is 32.6 Å². The molecule has 0 aliphatic rings. The zero-order valence-corrected chi connectivity index (χ0v) is 11.3. The van der Waals surface area contributed by atoms with Crippen molar-refractivity contribution in [3.8, 4) is 5.75 Å². The van der Waals surface area contributed by atoms with Gasteiger partial charge in [-0.05, 0) is 30.0 Å². The van der Waals surface area contributed by atoms with Crippen LogP contribution in [0.25, 0.3) is 0 Å². The number of hydrogen-bond acceptors (Lipinski definition) is 3. The second-order valence-electron chi connectivity index (χ2n) is 4.68. The summed E-state index contributed by atoms with van der Waals surface area (Å²) in [6, 6.07) is 8.05. The minimum Gasteiger partial charge on any atom is -0.494 e. The standard InChI is InChI=1S/C14H22N2O2/c1-11(2)12-6-4-7-13(10-12)18-9-5-8-14(17)16(3)15/h4,6-7,10-11H,5,8-9,15H2,1-3H3. The number of amides is 1. The number of nitrogens with two attached hydrogens (primary N) is 1. The van der Waals surface area contributed by atoms with Crippen molar-refractivity contribution in [2.75, 3.05) is 13.7 Å². The zero-order chi connectivity index (χ0) is 13.5. The fourth-order valence-corrected chi connectivity index (χ4v) is 1.55. The second kappa shape index (κ2) is 7.01. The van der Waals surface area contributed by atoms with E-state index in [1.54, 1.807) is 7.05 Å². The Hall–Kier alpha value is -1.55. The van der Waals surface area contributed by atoms with Crippen LogP contribution in [0.2, 0.25) is 0 Å². The zero-order valence-electron chi connectivity index (χ0n) is 11.3. The number of hydrazine groups is 1. The minimum atomic E-state index is -0.0745. The van der Waals surface area contributed by atoms with Crippen LogP contribution in [-0.2, 0) is 4.79 Å². The Bertz CT molecular complexity index is 389. The molecule has 0 heterocycles. The van der Waals surface area contributed by atoms with Crippen LogP contribution in [0, 0.1) is 0 Å². The maximum atomic E-state index is 11.2. The largest absolute Gasteiger partial charge is 0.494 e. The van der Waals surface area contributed by atoms with Gasteiger partial charge in [0.15, 0.2) is 0 Å². The molecule has 0 saturated carbocycles. The molecule has 1 amide bonds. The highest BCUT2D eigenvalue weighted by atomic mass is 16.5. The summed E-state index contributed by atoms with van der Waals surface area (Å²) in [5, 5.41) is 1.11. The minimum absolute atomic E-state index is 0.0745. The first-order valence-electron chi connectivity index (χ1n) is 6.24. The molecule has 0 unspecified atom stereocenters. The lowest BCUT2D eigenvalue weighted by atomic mass is 10.0. The third kappa shape index (κ3) is 4.75. The van der Waals surface area contributed by atoms with Gasteiger partial charge in [0.2, 0.25) is 5.91 Å². The number of hydrogen-bond donors (Lipinski definition) is 1. The molecular weight excluding hydrogens is 228 g/mol. The summed E-state index contributed by atoms with van der Waals surface area (Å²) in [5.74, 6) is 6.59. The van der Waals surface area contributed by atoms with E-state index in [-0.39, 0.29) is 5.91 Å². The highest BCUT2D eigenvalue weighted by Crippen LogP contribution is 2.20. The Kier molecular flexibility index (Phi) is 5.65. The van der Waals surface area contributed by atoms with E-state index in [1.807, 2.05) is 18.2 Å². The Labute approximate surface area is 109 Å². The molecule has 0 fully saturated rings. The molecule has 1 aromatic rings.